The van der Waals surface area contributed by atoms with Crippen LogP contribution < -0.4 is 0 Å². The highest BCUT2D eigenvalue weighted by Gasteiger charge is 2.18. The summed E-state index contributed by atoms with van der Waals surface area (Å²) in [5.74, 6) is 1.27. The number of halogens is 1. The van der Waals surface area contributed by atoms with Crippen LogP contribution in [-0.4, -0.2) is 24.3 Å². The van der Waals surface area contributed by atoms with Gasteiger partial charge in [-0.2, -0.15) is 5.10 Å². The number of thiazole rings is 1. The number of aryl methyl sites for hydroxylation is 3. The lowest BCUT2D eigenvalue weighted by Gasteiger charge is -2.05. The summed E-state index contributed by atoms with van der Waals surface area (Å²) in [4.78, 5) is 10.5. The highest BCUT2D eigenvalue weighted by atomic mass is 35.5. The van der Waals surface area contributed by atoms with Gasteiger partial charge in [0.05, 0.1) is 18.1 Å². The molecule has 0 spiro atoms. The summed E-state index contributed by atoms with van der Waals surface area (Å²) in [5, 5.41) is 5.62. The van der Waals surface area contributed by atoms with Crippen LogP contribution in [0.5, 0.6) is 0 Å². The number of nitrogens with zero attached hydrogens (tertiary/aromatic N) is 5. The summed E-state index contributed by atoms with van der Waals surface area (Å²) in [6.07, 6.45) is 3.84. The molecule has 0 N–H and O–H groups in total. The zero-order valence-corrected chi connectivity index (χ0v) is 14.0. The van der Waals surface area contributed by atoms with Crippen molar-refractivity contribution in [3.05, 3.63) is 27.6 Å². The minimum absolute atomic E-state index is 0.393. The predicted octanol–water partition coefficient (Wildman–Crippen LogP) is 3.14. The van der Waals surface area contributed by atoms with Gasteiger partial charge >= 0.3 is 0 Å². The Kier molecular flexibility index (Phi) is 3.99. The lowest BCUT2D eigenvalue weighted by atomic mass is 10.3. The van der Waals surface area contributed by atoms with Gasteiger partial charge in [0.25, 0.3) is 0 Å². The first-order valence-corrected chi connectivity index (χ1v) is 8.43. The summed E-state index contributed by atoms with van der Waals surface area (Å²) in [6, 6.07) is 0. The van der Waals surface area contributed by atoms with E-state index in [4.69, 9.17) is 11.6 Å². The van der Waals surface area contributed by atoms with Crippen molar-refractivity contribution in [2.75, 3.05) is 0 Å². The average molecular weight is 324 g/mol. The molecule has 0 atom stereocenters. The second-order valence-corrected chi connectivity index (χ2v) is 6.38. The SMILES string of the molecule is CCc1cnc(Cn2c(CCl)nc3c(CC)nn(C)c32)s1. The molecule has 7 heteroatoms. The minimum atomic E-state index is 0.393. The second kappa shape index (κ2) is 5.77. The van der Waals surface area contributed by atoms with Gasteiger partial charge < -0.3 is 4.57 Å². The first-order valence-electron chi connectivity index (χ1n) is 7.08. The number of aromatic nitrogens is 5. The Labute approximate surface area is 132 Å². The molecule has 0 amide bonds. The Morgan fingerprint density at radius 2 is 2.10 bits per heavy atom. The van der Waals surface area contributed by atoms with E-state index in [0.717, 1.165) is 40.5 Å². The maximum atomic E-state index is 6.08. The van der Waals surface area contributed by atoms with Crippen molar-refractivity contribution in [3.63, 3.8) is 0 Å². The zero-order chi connectivity index (χ0) is 15.0. The number of rotatable bonds is 5. The van der Waals surface area contributed by atoms with Gasteiger partial charge in [0.2, 0.25) is 0 Å². The zero-order valence-electron chi connectivity index (χ0n) is 12.4. The number of hydrogen-bond donors (Lipinski definition) is 0. The van der Waals surface area contributed by atoms with Crippen LogP contribution in [0, 0.1) is 0 Å². The summed E-state index contributed by atoms with van der Waals surface area (Å²) < 4.78 is 4.03. The molecule has 3 rings (SSSR count). The first-order chi connectivity index (χ1) is 10.2. The van der Waals surface area contributed by atoms with Crippen LogP contribution in [0.25, 0.3) is 11.2 Å². The third-order valence-corrected chi connectivity index (χ3v) is 4.93. The van der Waals surface area contributed by atoms with Crippen molar-refractivity contribution in [1.29, 1.82) is 0 Å². The summed E-state index contributed by atoms with van der Waals surface area (Å²) in [5.41, 5.74) is 3.00. The molecule has 0 saturated carbocycles. The third kappa shape index (κ3) is 2.46. The van der Waals surface area contributed by atoms with Crippen molar-refractivity contribution < 1.29 is 0 Å². The molecule has 0 bridgehead atoms. The summed E-state index contributed by atoms with van der Waals surface area (Å²) >= 11 is 7.82. The summed E-state index contributed by atoms with van der Waals surface area (Å²) in [7, 11) is 1.96. The molecule has 3 heterocycles. The van der Waals surface area contributed by atoms with Crippen LogP contribution in [0.1, 0.15) is 35.3 Å². The highest BCUT2D eigenvalue weighted by molar-refractivity contribution is 7.11. The maximum Gasteiger partial charge on any atom is 0.159 e. The van der Waals surface area contributed by atoms with E-state index in [-0.39, 0.29) is 0 Å². The molecule has 0 radical (unpaired) electrons. The fourth-order valence-corrected chi connectivity index (χ4v) is 3.57. The molecule has 3 aromatic heterocycles. The Balaban J connectivity index is 2.09. The van der Waals surface area contributed by atoms with Gasteiger partial charge in [0, 0.05) is 18.1 Å². The largest absolute Gasteiger partial charge is 0.305 e. The first kappa shape index (κ1) is 14.5. The number of fused-ring (bicyclic) bond motifs is 1. The highest BCUT2D eigenvalue weighted by Crippen LogP contribution is 2.23. The monoisotopic (exact) mass is 323 g/mol. The van der Waals surface area contributed by atoms with Crippen LogP contribution in [0.3, 0.4) is 0 Å². The van der Waals surface area contributed by atoms with Crippen molar-refractivity contribution in [2.24, 2.45) is 7.05 Å². The third-order valence-electron chi connectivity index (χ3n) is 3.57. The van der Waals surface area contributed by atoms with Crippen LogP contribution in [0.4, 0.5) is 0 Å². The molecule has 3 aromatic rings. The topological polar surface area (TPSA) is 48.5 Å². The van der Waals surface area contributed by atoms with Crippen LogP contribution in [0.15, 0.2) is 6.20 Å². The van der Waals surface area contributed by atoms with Gasteiger partial charge in [-0.05, 0) is 12.8 Å². The van der Waals surface area contributed by atoms with E-state index in [9.17, 15) is 0 Å². The number of imidazole rings is 1. The molecule has 0 aliphatic carbocycles. The van der Waals surface area contributed by atoms with Gasteiger partial charge in [-0.15, -0.1) is 22.9 Å². The molecule has 5 nitrogen and oxygen atoms in total. The standard InChI is InChI=1S/C14H18ClN5S/c1-4-9-7-16-12(21-9)8-20-11(6-15)17-13-10(5-2)18-19(3)14(13)20/h7H,4-6,8H2,1-3H3. The Morgan fingerprint density at radius 1 is 1.29 bits per heavy atom. The number of alkyl halides is 1. The van der Waals surface area contributed by atoms with E-state index in [0.29, 0.717) is 12.4 Å². The van der Waals surface area contributed by atoms with Crippen molar-refractivity contribution in [2.45, 2.75) is 39.1 Å². The normalized spacial score (nSPS) is 11.6. The van der Waals surface area contributed by atoms with Gasteiger partial charge in [0.1, 0.15) is 16.3 Å². The number of hydrogen-bond acceptors (Lipinski definition) is 4. The Morgan fingerprint density at radius 3 is 2.71 bits per heavy atom. The Bertz CT molecular complexity index is 770. The van der Waals surface area contributed by atoms with Crippen LogP contribution in [-0.2, 0) is 32.3 Å². The van der Waals surface area contributed by atoms with E-state index in [1.54, 1.807) is 11.3 Å². The van der Waals surface area contributed by atoms with Gasteiger partial charge in [0.15, 0.2) is 5.65 Å². The fraction of sp³-hybridized carbons (Fsp3) is 0.500. The molecule has 0 aromatic carbocycles. The van der Waals surface area contributed by atoms with E-state index in [1.807, 2.05) is 17.9 Å². The van der Waals surface area contributed by atoms with E-state index >= 15 is 0 Å². The van der Waals surface area contributed by atoms with Gasteiger partial charge in [-0.1, -0.05) is 13.8 Å². The average Bonchev–Trinajstić information content (AvgIpc) is 3.16. The van der Waals surface area contributed by atoms with Gasteiger partial charge in [-0.3, -0.25) is 4.68 Å². The molecule has 0 saturated heterocycles. The van der Waals surface area contributed by atoms with E-state index in [1.165, 1.54) is 4.88 Å². The quantitative estimate of drug-likeness (QED) is 0.678. The molecule has 21 heavy (non-hydrogen) atoms. The predicted molar refractivity (Wildman–Crippen MR) is 86.0 cm³/mol. The van der Waals surface area contributed by atoms with Gasteiger partial charge in [-0.25, -0.2) is 9.97 Å². The lowest BCUT2D eigenvalue weighted by Crippen LogP contribution is -2.07. The summed E-state index contributed by atoms with van der Waals surface area (Å²) in [6.45, 7) is 4.94. The van der Waals surface area contributed by atoms with Crippen LogP contribution >= 0.6 is 22.9 Å². The molecule has 0 aliphatic rings. The molecular weight excluding hydrogens is 306 g/mol. The van der Waals surface area contributed by atoms with Crippen molar-refractivity contribution in [1.82, 2.24) is 24.3 Å². The molecule has 112 valence electrons. The van der Waals surface area contributed by atoms with Crippen molar-refractivity contribution in [3.8, 4) is 0 Å². The maximum absolute atomic E-state index is 6.08. The molecule has 0 aliphatic heterocycles. The second-order valence-electron chi connectivity index (χ2n) is 4.92. The minimum Gasteiger partial charge on any atom is -0.305 e. The molecule has 0 fully saturated rings. The van der Waals surface area contributed by atoms with E-state index < -0.39 is 0 Å². The lowest BCUT2D eigenvalue weighted by molar-refractivity contribution is 0.696. The molecule has 0 unspecified atom stereocenters. The van der Waals surface area contributed by atoms with E-state index in [2.05, 4.69) is 33.5 Å². The smallest absolute Gasteiger partial charge is 0.159 e. The van der Waals surface area contributed by atoms with Crippen LogP contribution in [0.2, 0.25) is 0 Å². The van der Waals surface area contributed by atoms with Crippen molar-refractivity contribution >= 4 is 34.1 Å². The Hall–Kier alpha value is -1.40. The molecular formula is C14H18ClN5S. The fourth-order valence-electron chi connectivity index (χ4n) is 2.51.